The summed E-state index contributed by atoms with van der Waals surface area (Å²) >= 11 is 0. The molecule has 0 spiro atoms. The summed E-state index contributed by atoms with van der Waals surface area (Å²) in [5.74, 6) is -4.16. The number of carbonyl (C=O) groups excluding carboxylic acids is 4. The molecule has 0 saturated heterocycles. The van der Waals surface area contributed by atoms with E-state index in [2.05, 4.69) is 25.9 Å². The van der Waals surface area contributed by atoms with Crippen LogP contribution in [0.5, 0.6) is 0 Å². The predicted molar refractivity (Wildman–Crippen MR) is 172 cm³/mol. The average molecular weight is 636 g/mol. The molecule has 0 aliphatic rings. The number of fused-ring (bicyclic) bond motifs is 1. The molecule has 0 saturated carbocycles. The van der Waals surface area contributed by atoms with E-state index in [9.17, 15) is 29.1 Å². The highest BCUT2D eigenvalue weighted by Crippen LogP contribution is 2.19. The molecule has 0 bridgehead atoms. The number of aromatic amines is 1. The molecular weight excluding hydrogens is 594 g/mol. The first kappa shape index (κ1) is 35.0. The fraction of sp³-hybridized carbons (Fsp3) is 0.355. The zero-order chi connectivity index (χ0) is 33.6. The van der Waals surface area contributed by atoms with Crippen LogP contribution in [-0.2, 0) is 36.8 Å². The first-order chi connectivity index (χ1) is 21.9. The quantitative estimate of drug-likeness (QED) is 0.0477. The van der Waals surface area contributed by atoms with Crippen molar-refractivity contribution in [3.05, 3.63) is 71.9 Å². The van der Waals surface area contributed by atoms with E-state index >= 15 is 0 Å². The van der Waals surface area contributed by atoms with E-state index in [1.165, 1.54) is 0 Å². The van der Waals surface area contributed by atoms with Gasteiger partial charge in [-0.1, -0.05) is 48.5 Å². The molecule has 3 rings (SSSR count). The van der Waals surface area contributed by atoms with E-state index in [-0.39, 0.29) is 51.0 Å². The fourth-order valence-corrected chi connectivity index (χ4v) is 4.80. The van der Waals surface area contributed by atoms with Gasteiger partial charge in [-0.05, 0) is 36.5 Å². The number of amides is 4. The van der Waals surface area contributed by atoms with E-state index in [4.69, 9.17) is 22.9 Å². The van der Waals surface area contributed by atoms with Gasteiger partial charge in [-0.3, -0.25) is 24.2 Å². The second kappa shape index (κ2) is 17.2. The van der Waals surface area contributed by atoms with E-state index in [0.29, 0.717) is 11.1 Å². The van der Waals surface area contributed by atoms with Crippen molar-refractivity contribution in [2.45, 2.75) is 62.7 Å². The Morgan fingerprint density at radius 2 is 1.41 bits per heavy atom. The summed E-state index contributed by atoms with van der Waals surface area (Å²) < 4.78 is 0. The molecule has 1 aromatic heterocycles. The van der Waals surface area contributed by atoms with Crippen LogP contribution < -0.4 is 38.9 Å². The molecule has 3 aromatic rings. The van der Waals surface area contributed by atoms with Crippen molar-refractivity contribution >= 4 is 46.5 Å². The van der Waals surface area contributed by atoms with Gasteiger partial charge in [0, 0.05) is 42.9 Å². The number of carbonyl (C=O) groups is 5. The summed E-state index contributed by atoms with van der Waals surface area (Å²) in [6.45, 7) is 0.151. The third kappa shape index (κ3) is 10.9. The zero-order valence-corrected chi connectivity index (χ0v) is 25.3. The van der Waals surface area contributed by atoms with Crippen molar-refractivity contribution in [1.82, 2.24) is 20.9 Å². The normalized spacial score (nSPS) is 13.5. The lowest BCUT2D eigenvalue weighted by molar-refractivity contribution is -0.142. The van der Waals surface area contributed by atoms with Crippen LogP contribution >= 0.6 is 0 Å². The molecule has 0 aliphatic heterocycles. The fourth-order valence-electron chi connectivity index (χ4n) is 4.80. The van der Waals surface area contributed by atoms with Gasteiger partial charge in [0.05, 0.1) is 6.04 Å². The molecule has 0 fully saturated rings. The second-order valence-corrected chi connectivity index (χ2v) is 10.8. The number of rotatable bonds is 18. The number of carboxylic acid groups (broad SMARTS) is 1. The minimum absolute atomic E-state index is 0.0182. The molecule has 0 radical (unpaired) electrons. The number of carboxylic acids is 1. The Balaban J connectivity index is 1.80. The van der Waals surface area contributed by atoms with Crippen molar-refractivity contribution in [1.29, 1.82) is 0 Å². The van der Waals surface area contributed by atoms with Crippen LogP contribution in [0.2, 0.25) is 0 Å². The molecule has 0 aliphatic carbocycles. The topological polar surface area (TPSA) is 274 Å². The van der Waals surface area contributed by atoms with Crippen LogP contribution in [0.3, 0.4) is 0 Å². The van der Waals surface area contributed by atoms with Crippen LogP contribution in [0.15, 0.2) is 65.8 Å². The van der Waals surface area contributed by atoms with Gasteiger partial charge in [-0.2, -0.15) is 0 Å². The smallest absolute Gasteiger partial charge is 0.326 e. The third-order valence-electron chi connectivity index (χ3n) is 7.25. The summed E-state index contributed by atoms with van der Waals surface area (Å²) in [5.41, 5.74) is 24.1. The minimum Gasteiger partial charge on any atom is -0.480 e. The minimum atomic E-state index is -1.31. The Kier molecular flexibility index (Phi) is 13.1. The van der Waals surface area contributed by atoms with Crippen molar-refractivity contribution in [3.8, 4) is 0 Å². The Bertz CT molecular complexity index is 1540. The molecule has 15 heteroatoms. The summed E-state index contributed by atoms with van der Waals surface area (Å²) in [6, 6.07) is 11.4. The SMILES string of the molecule is NC(=O)CCC(N)C(=O)NC(Cc1ccccc1)C(=O)NC(CCCN=C(N)N)C(=O)NC(Cc1c[nH]c2ccccc12)C(=O)O. The van der Waals surface area contributed by atoms with Gasteiger partial charge in [0.2, 0.25) is 23.6 Å². The summed E-state index contributed by atoms with van der Waals surface area (Å²) in [5, 5.41) is 18.6. The lowest BCUT2D eigenvalue weighted by Gasteiger charge is -2.25. The average Bonchev–Trinajstić information content (AvgIpc) is 3.43. The highest BCUT2D eigenvalue weighted by molar-refractivity contribution is 5.94. The second-order valence-electron chi connectivity index (χ2n) is 10.8. The van der Waals surface area contributed by atoms with Gasteiger partial charge in [0.15, 0.2) is 5.96 Å². The highest BCUT2D eigenvalue weighted by Gasteiger charge is 2.31. The number of nitrogens with zero attached hydrogens (tertiary/aromatic N) is 1. The van der Waals surface area contributed by atoms with Crippen molar-refractivity contribution in [2.24, 2.45) is 27.9 Å². The number of aliphatic imine (C=N–C) groups is 1. The molecule has 246 valence electrons. The summed E-state index contributed by atoms with van der Waals surface area (Å²) in [6.07, 6.45) is 1.90. The monoisotopic (exact) mass is 635 g/mol. The summed E-state index contributed by atoms with van der Waals surface area (Å²) in [4.78, 5) is 70.4. The molecule has 4 amide bonds. The highest BCUT2D eigenvalue weighted by atomic mass is 16.4. The Morgan fingerprint density at radius 1 is 0.783 bits per heavy atom. The number of H-pyrrole nitrogens is 1. The Labute approximate surface area is 265 Å². The van der Waals surface area contributed by atoms with Gasteiger partial charge < -0.3 is 49.0 Å². The molecule has 1 heterocycles. The number of nitrogens with one attached hydrogen (secondary N) is 4. The van der Waals surface area contributed by atoms with E-state index in [1.807, 2.05) is 24.3 Å². The zero-order valence-electron chi connectivity index (χ0n) is 25.3. The summed E-state index contributed by atoms with van der Waals surface area (Å²) in [7, 11) is 0. The van der Waals surface area contributed by atoms with Crippen LogP contribution in [0, 0.1) is 0 Å². The maximum absolute atomic E-state index is 13.6. The Morgan fingerprint density at radius 3 is 2.09 bits per heavy atom. The largest absolute Gasteiger partial charge is 0.480 e. The predicted octanol–water partition coefficient (Wildman–Crippen LogP) is -0.861. The number of hydrogen-bond donors (Lipinski definition) is 9. The van der Waals surface area contributed by atoms with Crippen molar-refractivity contribution in [3.63, 3.8) is 0 Å². The number of aromatic nitrogens is 1. The van der Waals surface area contributed by atoms with Crippen LogP contribution in [0.25, 0.3) is 10.9 Å². The molecule has 4 atom stereocenters. The Hall–Kier alpha value is -5.44. The lowest BCUT2D eigenvalue weighted by atomic mass is 10.0. The number of primary amides is 1. The number of guanidine groups is 1. The van der Waals surface area contributed by atoms with Gasteiger partial charge in [0.1, 0.15) is 18.1 Å². The first-order valence-electron chi connectivity index (χ1n) is 14.8. The van der Waals surface area contributed by atoms with E-state index in [0.717, 1.165) is 10.9 Å². The number of para-hydroxylation sites is 1. The molecule has 2 aromatic carbocycles. The number of nitrogens with two attached hydrogens (primary N) is 4. The van der Waals surface area contributed by atoms with Gasteiger partial charge in [0.25, 0.3) is 0 Å². The maximum Gasteiger partial charge on any atom is 0.326 e. The van der Waals surface area contributed by atoms with E-state index < -0.39 is 53.8 Å². The molecular formula is C31H41N9O6. The third-order valence-corrected chi connectivity index (χ3v) is 7.25. The number of hydrogen-bond acceptors (Lipinski definition) is 7. The maximum atomic E-state index is 13.6. The van der Waals surface area contributed by atoms with Gasteiger partial charge >= 0.3 is 5.97 Å². The first-order valence-corrected chi connectivity index (χ1v) is 14.8. The van der Waals surface area contributed by atoms with Crippen molar-refractivity contribution < 1.29 is 29.1 Å². The van der Waals surface area contributed by atoms with Crippen molar-refractivity contribution in [2.75, 3.05) is 6.54 Å². The van der Waals surface area contributed by atoms with Crippen LogP contribution in [-0.4, -0.2) is 76.4 Å². The van der Waals surface area contributed by atoms with Crippen LogP contribution in [0.1, 0.15) is 36.8 Å². The molecule has 4 unspecified atom stereocenters. The number of aliphatic carboxylic acids is 1. The standard InChI is InChI=1S/C31H41N9O6/c32-21(12-13-26(33)41)27(42)39-24(15-18-7-2-1-3-8-18)29(44)38-23(11-6-14-36-31(34)35)28(43)40-25(30(45)46)16-19-17-37-22-10-5-4-9-20(19)22/h1-5,7-10,17,21,23-25,37H,6,11-16,32H2,(H2,33,41)(H,38,44)(H,39,42)(H,40,43)(H,45,46)(H4,34,35,36). The van der Waals surface area contributed by atoms with Gasteiger partial charge in [-0.25, -0.2) is 4.79 Å². The molecule has 13 N–H and O–H groups in total. The molecule has 46 heavy (non-hydrogen) atoms. The molecule has 15 nitrogen and oxygen atoms in total. The van der Waals surface area contributed by atoms with Crippen LogP contribution in [0.4, 0.5) is 0 Å². The van der Waals surface area contributed by atoms with E-state index in [1.54, 1.807) is 36.5 Å². The van der Waals surface area contributed by atoms with Gasteiger partial charge in [-0.15, -0.1) is 0 Å². The number of benzene rings is 2. The lowest BCUT2D eigenvalue weighted by Crippen LogP contribution is -2.57.